The van der Waals surface area contributed by atoms with Crippen LogP contribution < -0.4 is 4.90 Å². The van der Waals surface area contributed by atoms with Gasteiger partial charge in [0.1, 0.15) is 11.3 Å². The molecule has 0 unspecified atom stereocenters. The van der Waals surface area contributed by atoms with E-state index in [-0.39, 0.29) is 6.09 Å². The van der Waals surface area contributed by atoms with Gasteiger partial charge in [-0.25, -0.2) is 4.79 Å². The molecule has 8 heteroatoms. The van der Waals surface area contributed by atoms with Crippen LogP contribution in [0.15, 0.2) is 36.5 Å². The molecule has 3 aromatic rings. The Kier molecular flexibility index (Phi) is 3.91. The maximum atomic E-state index is 12.1. The Labute approximate surface area is 156 Å². The molecule has 0 bridgehead atoms. The summed E-state index contributed by atoms with van der Waals surface area (Å²) in [7, 11) is 1.72. The van der Waals surface area contributed by atoms with Gasteiger partial charge in [-0.3, -0.25) is 9.88 Å². The van der Waals surface area contributed by atoms with Crippen LogP contribution in [-0.2, 0) is 11.8 Å². The number of carbonyl (C=O) groups is 1. The fourth-order valence-corrected chi connectivity index (χ4v) is 3.18. The van der Waals surface area contributed by atoms with Crippen molar-refractivity contribution in [3.63, 3.8) is 0 Å². The number of aryl methyl sites for hydroxylation is 2. The second-order valence-electron chi connectivity index (χ2n) is 7.25. The molecule has 0 radical (unpaired) electrons. The number of pyridine rings is 1. The zero-order valence-electron chi connectivity index (χ0n) is 15.7. The number of nitrogens with zero attached hydrogens (tertiary/aromatic N) is 6. The van der Waals surface area contributed by atoms with E-state index in [4.69, 9.17) is 4.74 Å². The van der Waals surface area contributed by atoms with Gasteiger partial charge < -0.3 is 4.74 Å². The zero-order chi connectivity index (χ0) is 19.2. The summed E-state index contributed by atoms with van der Waals surface area (Å²) >= 11 is 0. The van der Waals surface area contributed by atoms with Gasteiger partial charge in [0.25, 0.3) is 0 Å². The van der Waals surface area contributed by atoms with Crippen molar-refractivity contribution in [1.29, 1.82) is 0 Å². The average Bonchev–Trinajstić information content (AvgIpc) is 3.17. The predicted octanol–water partition coefficient (Wildman–Crippen LogP) is 2.98. The molecule has 1 amide bonds. The van der Waals surface area contributed by atoms with E-state index in [9.17, 15) is 4.79 Å². The van der Waals surface area contributed by atoms with E-state index in [1.165, 1.54) is 4.80 Å². The quantitative estimate of drug-likeness (QED) is 0.710. The Bertz CT molecular complexity index is 1010. The first kappa shape index (κ1) is 17.1. The number of hydrogen-bond acceptors (Lipinski definition) is 6. The fraction of sp³-hybridized carbons (Fsp3) is 0.316. The van der Waals surface area contributed by atoms with E-state index in [1.54, 1.807) is 18.1 Å². The Morgan fingerprint density at radius 1 is 1.19 bits per heavy atom. The van der Waals surface area contributed by atoms with Crippen LogP contribution in [0.25, 0.3) is 22.6 Å². The van der Waals surface area contributed by atoms with Gasteiger partial charge in [-0.1, -0.05) is 12.1 Å². The van der Waals surface area contributed by atoms with Crippen molar-refractivity contribution in [2.24, 2.45) is 7.05 Å². The summed E-state index contributed by atoms with van der Waals surface area (Å²) < 4.78 is 5.39. The lowest BCUT2D eigenvalue weighted by Gasteiger charge is -2.17. The highest BCUT2D eigenvalue weighted by atomic mass is 16.6. The van der Waals surface area contributed by atoms with Crippen LogP contribution in [0, 0.1) is 6.92 Å². The molecule has 1 aliphatic rings. The fourth-order valence-electron chi connectivity index (χ4n) is 3.18. The minimum atomic E-state index is -0.474. The van der Waals surface area contributed by atoms with Crippen LogP contribution in [0.2, 0.25) is 0 Å². The maximum absolute atomic E-state index is 12.1. The van der Waals surface area contributed by atoms with Gasteiger partial charge in [-0.15, -0.1) is 10.2 Å². The first-order valence-electron chi connectivity index (χ1n) is 8.64. The van der Waals surface area contributed by atoms with Crippen LogP contribution in [0.4, 0.5) is 10.5 Å². The summed E-state index contributed by atoms with van der Waals surface area (Å²) in [4.78, 5) is 19.6. The number of hydrogen-bond donors (Lipinski definition) is 0. The Balaban J connectivity index is 1.60. The molecule has 8 nitrogen and oxygen atoms in total. The van der Waals surface area contributed by atoms with Crippen LogP contribution in [-0.4, -0.2) is 43.4 Å². The molecule has 138 valence electrons. The van der Waals surface area contributed by atoms with E-state index in [2.05, 4.69) is 20.4 Å². The van der Waals surface area contributed by atoms with Crippen LogP contribution in [0.3, 0.4) is 0 Å². The first-order valence-corrected chi connectivity index (χ1v) is 8.64. The van der Waals surface area contributed by atoms with E-state index in [0.717, 1.165) is 22.4 Å². The van der Waals surface area contributed by atoms with E-state index >= 15 is 0 Å². The number of cyclic esters (lactones) is 1. The van der Waals surface area contributed by atoms with Gasteiger partial charge in [-0.05, 0) is 55.3 Å². The molecule has 0 spiro atoms. The number of aromatic nitrogens is 5. The van der Waals surface area contributed by atoms with Crippen LogP contribution in [0.5, 0.6) is 0 Å². The molecule has 3 heterocycles. The van der Waals surface area contributed by atoms with Gasteiger partial charge in [0.05, 0.1) is 13.6 Å². The second kappa shape index (κ2) is 6.15. The summed E-state index contributed by atoms with van der Waals surface area (Å²) in [5, 5.41) is 12.0. The zero-order valence-corrected chi connectivity index (χ0v) is 15.7. The van der Waals surface area contributed by atoms with Crippen molar-refractivity contribution in [1.82, 2.24) is 25.2 Å². The number of tetrazole rings is 1. The van der Waals surface area contributed by atoms with E-state index < -0.39 is 5.60 Å². The SMILES string of the molecule is Cc1cc(N2CC(C)(C)OC2=O)ccc1-c1ccc(-c2nnn(C)n2)nc1. The number of amides is 1. The van der Waals surface area contributed by atoms with Crippen molar-refractivity contribution >= 4 is 11.8 Å². The van der Waals surface area contributed by atoms with Crippen molar-refractivity contribution in [2.75, 3.05) is 11.4 Å². The lowest BCUT2D eigenvalue weighted by molar-refractivity contribution is 0.0871. The normalized spacial score (nSPS) is 15.9. The predicted molar refractivity (Wildman–Crippen MR) is 100 cm³/mol. The molecule has 0 atom stereocenters. The summed E-state index contributed by atoms with van der Waals surface area (Å²) in [6.07, 6.45) is 1.48. The molecule has 1 fully saturated rings. The highest BCUT2D eigenvalue weighted by molar-refractivity contribution is 5.91. The van der Waals surface area contributed by atoms with Gasteiger partial charge >= 0.3 is 6.09 Å². The molecule has 4 rings (SSSR count). The third kappa shape index (κ3) is 3.25. The topological polar surface area (TPSA) is 86.0 Å². The number of anilines is 1. The average molecular weight is 364 g/mol. The summed E-state index contributed by atoms with van der Waals surface area (Å²) in [6.45, 7) is 6.37. The third-order valence-corrected chi connectivity index (χ3v) is 4.46. The smallest absolute Gasteiger partial charge is 0.415 e. The number of benzene rings is 1. The van der Waals surface area contributed by atoms with Gasteiger partial charge in [-0.2, -0.15) is 4.80 Å². The molecular formula is C19H20N6O2. The molecule has 1 aromatic carbocycles. The standard InChI is InChI=1S/C19H20N6O2/c1-12-9-14(25-11-19(2,3)27-18(25)26)6-7-15(12)13-5-8-16(20-10-13)17-21-23-24(4)22-17/h5-10H,11H2,1-4H3. The minimum Gasteiger partial charge on any atom is -0.441 e. The Morgan fingerprint density at radius 3 is 2.56 bits per heavy atom. The maximum Gasteiger partial charge on any atom is 0.415 e. The second-order valence-corrected chi connectivity index (χ2v) is 7.25. The molecule has 0 aliphatic carbocycles. The number of rotatable bonds is 3. The van der Waals surface area contributed by atoms with Gasteiger partial charge in [0.15, 0.2) is 0 Å². The largest absolute Gasteiger partial charge is 0.441 e. The molecule has 0 N–H and O–H groups in total. The van der Waals surface area contributed by atoms with Crippen molar-refractivity contribution < 1.29 is 9.53 Å². The summed E-state index contributed by atoms with van der Waals surface area (Å²) in [5.74, 6) is 0.492. The minimum absolute atomic E-state index is 0.311. The molecular weight excluding hydrogens is 344 g/mol. The number of ether oxygens (including phenoxy) is 1. The Morgan fingerprint density at radius 2 is 2.00 bits per heavy atom. The number of carbonyl (C=O) groups excluding carboxylic acids is 1. The molecule has 27 heavy (non-hydrogen) atoms. The molecule has 0 saturated carbocycles. The summed E-state index contributed by atoms with van der Waals surface area (Å²) in [5.41, 5.74) is 4.12. The van der Waals surface area contributed by atoms with Crippen molar-refractivity contribution in [3.05, 3.63) is 42.1 Å². The summed E-state index contributed by atoms with van der Waals surface area (Å²) in [6, 6.07) is 9.79. The third-order valence-electron chi connectivity index (χ3n) is 4.46. The van der Waals surface area contributed by atoms with Crippen LogP contribution in [0.1, 0.15) is 19.4 Å². The lowest BCUT2D eigenvalue weighted by Crippen LogP contribution is -2.28. The highest BCUT2D eigenvalue weighted by Gasteiger charge is 2.38. The van der Waals surface area contributed by atoms with E-state index in [0.29, 0.717) is 18.1 Å². The monoisotopic (exact) mass is 364 g/mol. The Hall–Kier alpha value is -3.29. The molecule has 1 saturated heterocycles. The molecule has 2 aromatic heterocycles. The van der Waals surface area contributed by atoms with Crippen molar-refractivity contribution in [3.8, 4) is 22.6 Å². The van der Waals surface area contributed by atoms with E-state index in [1.807, 2.05) is 51.1 Å². The van der Waals surface area contributed by atoms with Crippen LogP contribution >= 0.6 is 0 Å². The lowest BCUT2D eigenvalue weighted by atomic mass is 10.0. The highest BCUT2D eigenvalue weighted by Crippen LogP contribution is 2.32. The molecule has 1 aliphatic heterocycles. The first-order chi connectivity index (χ1) is 12.8. The van der Waals surface area contributed by atoms with Crippen molar-refractivity contribution in [2.45, 2.75) is 26.4 Å². The van der Waals surface area contributed by atoms with Gasteiger partial charge in [0, 0.05) is 17.4 Å². The van der Waals surface area contributed by atoms with Gasteiger partial charge in [0.2, 0.25) is 5.82 Å².